The number of nitrogens with zero attached hydrogens (tertiary/aromatic N) is 3. The summed E-state index contributed by atoms with van der Waals surface area (Å²) in [6.45, 7) is 0. The van der Waals surface area contributed by atoms with Gasteiger partial charge in [-0.25, -0.2) is 8.78 Å². The van der Waals surface area contributed by atoms with Gasteiger partial charge in [-0.2, -0.15) is 0 Å². The first-order chi connectivity index (χ1) is 24.9. The molecule has 0 amide bonds. The average Bonchev–Trinajstić information content (AvgIpc) is 3.68. The number of methoxy groups -OCH3 is 1. The third-order valence-corrected chi connectivity index (χ3v) is 9.68. The monoisotopic (exact) mass is 671 g/mol. The van der Waals surface area contributed by atoms with Crippen LogP contribution < -0.4 is 4.74 Å². The molecule has 7 aromatic carbocycles. The Labute approximate surface area is 290 Å². The highest BCUT2D eigenvalue weighted by atomic mass is 19.1. The predicted octanol–water partition coefficient (Wildman–Crippen LogP) is 11.4. The Bertz CT molecular complexity index is 2770. The van der Waals surface area contributed by atoms with Gasteiger partial charge in [0.15, 0.2) is 0 Å². The average molecular weight is 672 g/mol. The molecule has 0 atom stereocenters. The number of ether oxygens (including phenoxy) is 1. The van der Waals surface area contributed by atoms with Gasteiger partial charge >= 0.3 is 0 Å². The van der Waals surface area contributed by atoms with Crippen molar-refractivity contribution in [3.63, 3.8) is 0 Å². The van der Waals surface area contributed by atoms with Gasteiger partial charge < -0.3 is 13.9 Å². The Morgan fingerprint density at radius 3 is 1.35 bits per heavy atom. The van der Waals surface area contributed by atoms with Crippen molar-refractivity contribution in [3.05, 3.63) is 167 Å². The minimum atomic E-state index is -0.807. The smallest absolute Gasteiger partial charge is 0.277 e. The molecule has 2 aromatic heterocycles. The van der Waals surface area contributed by atoms with E-state index in [2.05, 4.69) is 4.57 Å². The number of fused-ring (bicyclic) bond motifs is 6. The molecule has 246 valence electrons. The minimum Gasteiger partial charge on any atom is -0.496 e. The summed E-state index contributed by atoms with van der Waals surface area (Å²) in [4.78, 5) is 12.0. The molecule has 8 heteroatoms. The van der Waals surface area contributed by atoms with Crippen LogP contribution in [0.1, 0.15) is 0 Å². The number of aromatic nitrogens is 2. The van der Waals surface area contributed by atoms with Crippen LogP contribution in [-0.4, -0.2) is 21.2 Å². The molecular weight excluding hydrogens is 644 g/mol. The van der Waals surface area contributed by atoms with Crippen molar-refractivity contribution >= 4 is 49.3 Å². The van der Waals surface area contributed by atoms with Gasteiger partial charge in [-0.3, -0.25) is 10.1 Å². The summed E-state index contributed by atoms with van der Waals surface area (Å²) in [5, 5.41) is 16.7. The molecule has 0 aliphatic rings. The van der Waals surface area contributed by atoms with Crippen molar-refractivity contribution in [2.75, 3.05) is 7.11 Å². The van der Waals surface area contributed by atoms with E-state index in [0.717, 1.165) is 55.7 Å². The van der Waals surface area contributed by atoms with Crippen LogP contribution in [0, 0.1) is 21.7 Å². The molecule has 0 bridgehead atoms. The lowest BCUT2D eigenvalue weighted by Crippen LogP contribution is -2.02. The lowest BCUT2D eigenvalue weighted by molar-refractivity contribution is -0.384. The molecule has 0 saturated heterocycles. The largest absolute Gasteiger partial charge is 0.496 e. The number of benzene rings is 7. The van der Waals surface area contributed by atoms with E-state index in [-0.39, 0.29) is 33.7 Å². The summed E-state index contributed by atoms with van der Waals surface area (Å²) in [6.07, 6.45) is 0. The first-order valence-electron chi connectivity index (χ1n) is 16.4. The molecular formula is C43H27F2N3O3. The first kappa shape index (κ1) is 30.3. The molecule has 0 aliphatic heterocycles. The maximum Gasteiger partial charge on any atom is 0.277 e. The van der Waals surface area contributed by atoms with Crippen LogP contribution in [0.2, 0.25) is 0 Å². The summed E-state index contributed by atoms with van der Waals surface area (Å²) in [7, 11) is 1.46. The standard InChI is InChI=1S/C43H27F2N3O3/c1-51-41-23-19-27(47-38-16-8-4-12-30(38)31-13-5-9-17-39(31)47)25-33(41)43-35(45)21-20-34(44)42(43)32-24-26(18-22-40(32)48(49)50)46-36-14-6-2-10-28(36)29-11-3-7-15-37(29)46/h2-25H,1H3. The van der Waals surface area contributed by atoms with E-state index < -0.39 is 16.6 Å². The number of nitro benzene ring substituents is 1. The summed E-state index contributed by atoms with van der Waals surface area (Å²) < 4.78 is 42.6. The fourth-order valence-corrected chi connectivity index (χ4v) is 7.53. The number of nitro groups is 1. The topological polar surface area (TPSA) is 62.2 Å². The maximum atomic E-state index is 16.4. The molecule has 0 spiro atoms. The van der Waals surface area contributed by atoms with Crippen LogP contribution in [0.4, 0.5) is 14.5 Å². The summed E-state index contributed by atoms with van der Waals surface area (Å²) >= 11 is 0. The summed E-state index contributed by atoms with van der Waals surface area (Å²) in [5.74, 6) is -1.27. The highest BCUT2D eigenvalue weighted by Crippen LogP contribution is 2.46. The molecule has 9 rings (SSSR count). The van der Waals surface area contributed by atoms with Crippen molar-refractivity contribution < 1.29 is 18.4 Å². The van der Waals surface area contributed by atoms with Crippen molar-refractivity contribution in [1.29, 1.82) is 0 Å². The molecule has 6 nitrogen and oxygen atoms in total. The highest BCUT2D eigenvalue weighted by molar-refractivity contribution is 6.10. The lowest BCUT2D eigenvalue weighted by atomic mass is 9.91. The van der Waals surface area contributed by atoms with E-state index >= 15 is 8.78 Å². The van der Waals surface area contributed by atoms with E-state index in [4.69, 9.17) is 4.74 Å². The third kappa shape index (κ3) is 4.60. The number of hydrogen-bond acceptors (Lipinski definition) is 3. The third-order valence-electron chi connectivity index (χ3n) is 9.68. The van der Waals surface area contributed by atoms with Gasteiger partial charge in [0.25, 0.3) is 5.69 Å². The Hall–Kier alpha value is -6.80. The van der Waals surface area contributed by atoms with Gasteiger partial charge in [0.1, 0.15) is 17.4 Å². The molecule has 0 radical (unpaired) electrons. The molecule has 0 saturated carbocycles. The minimum absolute atomic E-state index is 0.0596. The molecule has 0 unspecified atom stereocenters. The van der Waals surface area contributed by atoms with Crippen molar-refractivity contribution in [2.45, 2.75) is 0 Å². The van der Waals surface area contributed by atoms with E-state index in [1.165, 1.54) is 13.2 Å². The van der Waals surface area contributed by atoms with E-state index in [1.807, 2.05) is 108 Å². The number of halogens is 2. The molecule has 0 N–H and O–H groups in total. The fourth-order valence-electron chi connectivity index (χ4n) is 7.53. The number of hydrogen-bond donors (Lipinski definition) is 0. The highest BCUT2D eigenvalue weighted by Gasteiger charge is 2.28. The second kappa shape index (κ2) is 11.7. The predicted molar refractivity (Wildman–Crippen MR) is 199 cm³/mol. The van der Waals surface area contributed by atoms with Crippen LogP contribution in [0.3, 0.4) is 0 Å². The van der Waals surface area contributed by atoms with Crippen LogP contribution in [-0.2, 0) is 0 Å². The van der Waals surface area contributed by atoms with Crippen LogP contribution in [0.5, 0.6) is 5.75 Å². The van der Waals surface area contributed by atoms with Gasteiger partial charge in [0, 0.05) is 55.7 Å². The Balaban J connectivity index is 1.33. The zero-order chi connectivity index (χ0) is 34.8. The van der Waals surface area contributed by atoms with Crippen LogP contribution in [0.15, 0.2) is 146 Å². The van der Waals surface area contributed by atoms with Gasteiger partial charge in [0.05, 0.1) is 39.7 Å². The van der Waals surface area contributed by atoms with E-state index in [9.17, 15) is 10.1 Å². The number of para-hydroxylation sites is 4. The maximum absolute atomic E-state index is 16.4. The quantitative estimate of drug-likeness (QED) is 0.131. The number of rotatable bonds is 6. The Morgan fingerprint density at radius 2 is 0.922 bits per heavy atom. The summed E-state index contributed by atoms with van der Waals surface area (Å²) in [5.41, 5.74) is 4.32. The van der Waals surface area contributed by atoms with Gasteiger partial charge in [0.2, 0.25) is 0 Å². The first-order valence-corrected chi connectivity index (χ1v) is 16.4. The SMILES string of the molecule is COc1ccc(-n2c3ccccc3c3ccccc32)cc1-c1c(F)ccc(F)c1-c1cc(-n2c3ccccc3c3ccccc32)ccc1[N+](=O)[O-]. The second-order valence-corrected chi connectivity index (χ2v) is 12.4. The zero-order valence-corrected chi connectivity index (χ0v) is 27.2. The Kier molecular flexibility index (Phi) is 6.93. The summed E-state index contributed by atoms with van der Waals surface area (Å²) in [6, 6.07) is 43.7. The molecule has 2 heterocycles. The molecule has 0 aliphatic carbocycles. The fraction of sp³-hybridized carbons (Fsp3) is 0.0233. The van der Waals surface area contributed by atoms with Crippen LogP contribution >= 0.6 is 0 Å². The normalized spacial score (nSPS) is 11.6. The van der Waals surface area contributed by atoms with Crippen molar-refractivity contribution in [2.24, 2.45) is 0 Å². The second-order valence-electron chi connectivity index (χ2n) is 12.4. The Morgan fingerprint density at radius 1 is 0.529 bits per heavy atom. The van der Waals surface area contributed by atoms with Crippen LogP contribution in [0.25, 0.3) is 77.2 Å². The van der Waals surface area contributed by atoms with Gasteiger partial charge in [-0.05, 0) is 66.7 Å². The molecule has 51 heavy (non-hydrogen) atoms. The molecule has 0 fully saturated rings. The van der Waals surface area contributed by atoms with E-state index in [0.29, 0.717) is 11.4 Å². The van der Waals surface area contributed by atoms with Crippen molar-refractivity contribution in [3.8, 4) is 39.4 Å². The van der Waals surface area contributed by atoms with E-state index in [1.54, 1.807) is 24.3 Å². The van der Waals surface area contributed by atoms with Crippen molar-refractivity contribution in [1.82, 2.24) is 9.13 Å². The van der Waals surface area contributed by atoms with Gasteiger partial charge in [-0.1, -0.05) is 72.8 Å². The molecule has 9 aromatic rings. The van der Waals surface area contributed by atoms with Gasteiger partial charge in [-0.15, -0.1) is 0 Å². The zero-order valence-electron chi connectivity index (χ0n) is 27.2. The lowest BCUT2D eigenvalue weighted by Gasteiger charge is -2.18.